The van der Waals surface area contributed by atoms with Crippen molar-refractivity contribution in [3.63, 3.8) is 0 Å². The topological polar surface area (TPSA) is 64.8 Å². The van der Waals surface area contributed by atoms with Gasteiger partial charge in [0, 0.05) is 19.1 Å². The quantitative estimate of drug-likeness (QED) is 0.799. The lowest BCUT2D eigenvalue weighted by Crippen LogP contribution is -2.46. The van der Waals surface area contributed by atoms with Gasteiger partial charge < -0.3 is 20.1 Å². The number of ether oxygens (including phenoxy) is 2. The Morgan fingerprint density at radius 1 is 1.28 bits per heavy atom. The number of nitrogens with zero attached hydrogens (tertiary/aromatic N) is 1. The molecule has 2 N–H and O–H groups in total. The summed E-state index contributed by atoms with van der Waals surface area (Å²) in [6.45, 7) is 4.49. The minimum Gasteiger partial charge on any atom is -0.378 e. The van der Waals surface area contributed by atoms with Gasteiger partial charge in [0.2, 0.25) is 0 Å². The molecule has 1 heterocycles. The van der Waals surface area contributed by atoms with Gasteiger partial charge in [0.1, 0.15) is 6.10 Å². The monoisotopic (exact) mass is 256 g/mol. The normalized spacial score (nSPS) is 31.1. The molecule has 1 aliphatic carbocycles. The number of hydrogen-bond acceptors (Lipinski definition) is 4. The van der Waals surface area contributed by atoms with Crippen LogP contribution in [0, 0.1) is 0 Å². The molecule has 5 heteroatoms. The molecule has 2 fully saturated rings. The van der Waals surface area contributed by atoms with E-state index in [0.29, 0.717) is 32.3 Å². The van der Waals surface area contributed by atoms with Crippen LogP contribution in [0.1, 0.15) is 32.6 Å². The summed E-state index contributed by atoms with van der Waals surface area (Å²) in [6, 6.07) is 0.315. The molecule has 0 aromatic heterocycles. The first-order chi connectivity index (χ1) is 8.66. The SMILES string of the molecule is CC(OC1CCC(N)CC1)C(=O)N1CCOCC1. The summed E-state index contributed by atoms with van der Waals surface area (Å²) < 4.78 is 11.1. The van der Waals surface area contributed by atoms with Crippen LogP contribution in [0.4, 0.5) is 0 Å². The summed E-state index contributed by atoms with van der Waals surface area (Å²) in [6.07, 6.45) is 3.81. The van der Waals surface area contributed by atoms with Crippen molar-refractivity contribution in [1.82, 2.24) is 4.90 Å². The van der Waals surface area contributed by atoms with Gasteiger partial charge in [-0.3, -0.25) is 4.79 Å². The molecule has 1 amide bonds. The molecule has 0 bridgehead atoms. The predicted molar refractivity (Wildman–Crippen MR) is 68.2 cm³/mol. The van der Waals surface area contributed by atoms with E-state index in [9.17, 15) is 4.79 Å². The van der Waals surface area contributed by atoms with Crippen LogP contribution in [-0.4, -0.2) is 55.4 Å². The van der Waals surface area contributed by atoms with Crippen LogP contribution in [0.5, 0.6) is 0 Å². The molecular formula is C13H24N2O3. The first-order valence-electron chi connectivity index (χ1n) is 6.94. The second-order valence-electron chi connectivity index (χ2n) is 5.25. The Labute approximate surface area is 109 Å². The van der Waals surface area contributed by atoms with Crippen LogP contribution in [0.15, 0.2) is 0 Å². The van der Waals surface area contributed by atoms with Crippen molar-refractivity contribution in [2.24, 2.45) is 5.73 Å². The van der Waals surface area contributed by atoms with Crippen LogP contribution < -0.4 is 5.73 Å². The summed E-state index contributed by atoms with van der Waals surface area (Å²) in [5.41, 5.74) is 5.86. The Hall–Kier alpha value is -0.650. The smallest absolute Gasteiger partial charge is 0.251 e. The Morgan fingerprint density at radius 2 is 1.89 bits per heavy atom. The van der Waals surface area contributed by atoms with Gasteiger partial charge in [-0.05, 0) is 32.6 Å². The largest absolute Gasteiger partial charge is 0.378 e. The van der Waals surface area contributed by atoms with E-state index in [-0.39, 0.29) is 18.1 Å². The van der Waals surface area contributed by atoms with Gasteiger partial charge in [-0.15, -0.1) is 0 Å². The fourth-order valence-electron chi connectivity index (χ4n) is 2.61. The van der Waals surface area contributed by atoms with Crippen LogP contribution in [0.25, 0.3) is 0 Å². The molecule has 2 rings (SSSR count). The van der Waals surface area contributed by atoms with E-state index < -0.39 is 0 Å². The highest BCUT2D eigenvalue weighted by Gasteiger charge is 2.27. The number of morpholine rings is 1. The maximum atomic E-state index is 12.2. The fraction of sp³-hybridized carbons (Fsp3) is 0.923. The first-order valence-corrected chi connectivity index (χ1v) is 6.94. The zero-order valence-corrected chi connectivity index (χ0v) is 11.1. The lowest BCUT2D eigenvalue weighted by Gasteiger charge is -2.32. The molecule has 1 aliphatic heterocycles. The summed E-state index contributed by atoms with van der Waals surface area (Å²) in [4.78, 5) is 14.0. The molecule has 0 radical (unpaired) electrons. The minimum absolute atomic E-state index is 0.0909. The van der Waals surface area contributed by atoms with Gasteiger partial charge in [0.05, 0.1) is 19.3 Å². The molecule has 2 aliphatic rings. The van der Waals surface area contributed by atoms with Gasteiger partial charge in [0.15, 0.2) is 0 Å². The van der Waals surface area contributed by atoms with Crippen molar-refractivity contribution in [2.75, 3.05) is 26.3 Å². The van der Waals surface area contributed by atoms with E-state index in [1.54, 1.807) is 0 Å². The van der Waals surface area contributed by atoms with E-state index in [0.717, 1.165) is 25.7 Å². The summed E-state index contributed by atoms with van der Waals surface area (Å²) in [5, 5.41) is 0. The number of rotatable bonds is 3. The number of nitrogens with two attached hydrogens (primary N) is 1. The van der Waals surface area contributed by atoms with Crippen molar-refractivity contribution < 1.29 is 14.3 Å². The summed E-state index contributed by atoms with van der Waals surface area (Å²) >= 11 is 0. The standard InChI is InChI=1S/C13H24N2O3/c1-10(13(16)15-6-8-17-9-7-15)18-12-4-2-11(14)3-5-12/h10-12H,2-9,14H2,1H3. The van der Waals surface area contributed by atoms with E-state index in [1.165, 1.54) is 0 Å². The lowest BCUT2D eigenvalue weighted by molar-refractivity contribution is -0.151. The third-order valence-electron chi connectivity index (χ3n) is 3.79. The van der Waals surface area contributed by atoms with Crippen LogP contribution >= 0.6 is 0 Å². The molecule has 0 aromatic carbocycles. The molecular weight excluding hydrogens is 232 g/mol. The molecule has 5 nitrogen and oxygen atoms in total. The van der Waals surface area contributed by atoms with Crippen molar-refractivity contribution in [2.45, 2.75) is 50.9 Å². The Bertz CT molecular complexity index is 271. The Balaban J connectivity index is 1.76. The highest BCUT2D eigenvalue weighted by atomic mass is 16.5. The zero-order valence-electron chi connectivity index (χ0n) is 11.1. The first kappa shape index (κ1) is 13.8. The second-order valence-corrected chi connectivity index (χ2v) is 5.25. The molecule has 1 saturated heterocycles. The van der Waals surface area contributed by atoms with E-state index >= 15 is 0 Å². The number of hydrogen-bond donors (Lipinski definition) is 1. The molecule has 104 valence electrons. The minimum atomic E-state index is -0.345. The molecule has 1 unspecified atom stereocenters. The van der Waals surface area contributed by atoms with Crippen molar-refractivity contribution in [1.29, 1.82) is 0 Å². The number of carbonyl (C=O) groups is 1. The van der Waals surface area contributed by atoms with Gasteiger partial charge in [-0.1, -0.05) is 0 Å². The van der Waals surface area contributed by atoms with Crippen molar-refractivity contribution in [3.8, 4) is 0 Å². The highest BCUT2D eigenvalue weighted by molar-refractivity contribution is 5.80. The highest BCUT2D eigenvalue weighted by Crippen LogP contribution is 2.21. The maximum absolute atomic E-state index is 12.2. The molecule has 1 atom stereocenters. The third kappa shape index (κ3) is 3.67. The van der Waals surface area contributed by atoms with E-state index in [1.807, 2.05) is 11.8 Å². The average molecular weight is 256 g/mol. The van der Waals surface area contributed by atoms with Gasteiger partial charge in [0.25, 0.3) is 5.91 Å². The fourth-order valence-corrected chi connectivity index (χ4v) is 2.61. The number of amides is 1. The maximum Gasteiger partial charge on any atom is 0.251 e. The van der Waals surface area contributed by atoms with Gasteiger partial charge >= 0.3 is 0 Å². The molecule has 0 spiro atoms. The van der Waals surface area contributed by atoms with E-state index in [2.05, 4.69) is 0 Å². The predicted octanol–water partition coefficient (Wildman–Crippen LogP) is 0.520. The molecule has 0 aromatic rings. The summed E-state index contributed by atoms with van der Waals surface area (Å²) in [5.74, 6) is 0.0909. The van der Waals surface area contributed by atoms with Crippen LogP contribution in [0.3, 0.4) is 0 Å². The number of carbonyl (C=O) groups excluding carboxylic acids is 1. The van der Waals surface area contributed by atoms with E-state index in [4.69, 9.17) is 15.2 Å². The second kappa shape index (κ2) is 6.50. The van der Waals surface area contributed by atoms with Crippen LogP contribution in [-0.2, 0) is 14.3 Å². The Kier molecular flexibility index (Phi) is 4.97. The molecule has 18 heavy (non-hydrogen) atoms. The van der Waals surface area contributed by atoms with Crippen molar-refractivity contribution in [3.05, 3.63) is 0 Å². The third-order valence-corrected chi connectivity index (χ3v) is 3.79. The van der Waals surface area contributed by atoms with Gasteiger partial charge in [-0.2, -0.15) is 0 Å². The zero-order chi connectivity index (χ0) is 13.0. The van der Waals surface area contributed by atoms with Crippen molar-refractivity contribution >= 4 is 5.91 Å². The van der Waals surface area contributed by atoms with Gasteiger partial charge in [-0.25, -0.2) is 0 Å². The molecule has 1 saturated carbocycles. The summed E-state index contributed by atoms with van der Waals surface area (Å²) in [7, 11) is 0. The van der Waals surface area contributed by atoms with Crippen LogP contribution in [0.2, 0.25) is 0 Å². The average Bonchev–Trinajstić information content (AvgIpc) is 2.41. The Morgan fingerprint density at radius 3 is 2.50 bits per heavy atom. The lowest BCUT2D eigenvalue weighted by atomic mass is 9.93.